The molecule has 1 aliphatic heterocycles. The Morgan fingerprint density at radius 3 is 2.48 bits per heavy atom. The number of thioether (sulfide) groups is 1. The zero-order valence-corrected chi connectivity index (χ0v) is 16.8. The Labute approximate surface area is 172 Å². The van der Waals surface area contributed by atoms with Gasteiger partial charge in [-0.15, -0.1) is 11.8 Å². The van der Waals surface area contributed by atoms with Crippen molar-refractivity contribution in [3.63, 3.8) is 0 Å². The Morgan fingerprint density at radius 1 is 1.14 bits per heavy atom. The van der Waals surface area contributed by atoms with Crippen LogP contribution in [0.1, 0.15) is 40.0 Å². The molecule has 1 heterocycles. The summed E-state index contributed by atoms with van der Waals surface area (Å²) in [7, 11) is 0. The number of anilines is 2. The van der Waals surface area contributed by atoms with Gasteiger partial charge < -0.3 is 16.0 Å². The quantitative estimate of drug-likeness (QED) is 0.423. The summed E-state index contributed by atoms with van der Waals surface area (Å²) in [5.41, 5.74) is 6.54. The summed E-state index contributed by atoms with van der Waals surface area (Å²) >= 11 is 1.39. The molecule has 0 unspecified atom stereocenters. The van der Waals surface area contributed by atoms with E-state index in [1.165, 1.54) is 30.0 Å². The van der Waals surface area contributed by atoms with Crippen molar-refractivity contribution in [1.29, 1.82) is 0 Å². The summed E-state index contributed by atoms with van der Waals surface area (Å²) in [5, 5.41) is 14.1. The Morgan fingerprint density at radius 2 is 1.86 bits per heavy atom. The lowest BCUT2D eigenvalue weighted by molar-refractivity contribution is -0.385. The number of nitro groups is 1. The van der Waals surface area contributed by atoms with Crippen molar-refractivity contribution in [2.45, 2.75) is 24.2 Å². The molecule has 0 spiro atoms. The van der Waals surface area contributed by atoms with E-state index in [1.54, 1.807) is 18.2 Å². The number of amides is 2. The number of piperidine rings is 1. The van der Waals surface area contributed by atoms with Crippen LogP contribution in [-0.2, 0) is 0 Å². The molecule has 29 heavy (non-hydrogen) atoms. The van der Waals surface area contributed by atoms with Crippen molar-refractivity contribution in [2.24, 2.45) is 5.73 Å². The SMILES string of the molecule is CSc1ccc([N+](=O)[O-])c(C(=O)Nc2cc(C(N)=O)ccc2N2CCCCC2)c1. The number of nitrogens with two attached hydrogens (primary N) is 1. The fourth-order valence-electron chi connectivity index (χ4n) is 3.37. The Balaban J connectivity index is 2.00. The third kappa shape index (κ3) is 4.68. The summed E-state index contributed by atoms with van der Waals surface area (Å²) in [6.07, 6.45) is 5.04. The summed E-state index contributed by atoms with van der Waals surface area (Å²) in [5.74, 6) is -1.21. The van der Waals surface area contributed by atoms with E-state index in [4.69, 9.17) is 5.73 Å². The van der Waals surface area contributed by atoms with Gasteiger partial charge in [0.05, 0.1) is 16.3 Å². The van der Waals surface area contributed by atoms with Crippen molar-refractivity contribution in [1.82, 2.24) is 0 Å². The van der Waals surface area contributed by atoms with Crippen LogP contribution in [-0.4, -0.2) is 36.1 Å². The van der Waals surface area contributed by atoms with Gasteiger partial charge in [0.2, 0.25) is 5.91 Å². The number of nitrogens with one attached hydrogen (secondary N) is 1. The molecule has 0 saturated carbocycles. The van der Waals surface area contributed by atoms with E-state index in [9.17, 15) is 19.7 Å². The summed E-state index contributed by atoms with van der Waals surface area (Å²) in [4.78, 5) is 38.3. The molecule has 9 heteroatoms. The average Bonchev–Trinajstić information content (AvgIpc) is 2.73. The number of rotatable bonds is 6. The van der Waals surface area contributed by atoms with E-state index in [2.05, 4.69) is 10.2 Å². The van der Waals surface area contributed by atoms with E-state index >= 15 is 0 Å². The number of nitrogens with zero attached hydrogens (tertiary/aromatic N) is 2. The topological polar surface area (TPSA) is 119 Å². The van der Waals surface area contributed by atoms with Gasteiger partial charge in [0.25, 0.3) is 11.6 Å². The van der Waals surface area contributed by atoms with E-state index in [1.807, 2.05) is 6.26 Å². The highest BCUT2D eigenvalue weighted by molar-refractivity contribution is 7.98. The van der Waals surface area contributed by atoms with Gasteiger partial charge in [-0.05, 0) is 55.9 Å². The summed E-state index contributed by atoms with van der Waals surface area (Å²) in [6, 6.07) is 9.33. The third-order valence-electron chi connectivity index (χ3n) is 4.87. The molecule has 2 aromatic rings. The minimum atomic E-state index is -0.610. The van der Waals surface area contributed by atoms with Crippen LogP contribution in [0.15, 0.2) is 41.3 Å². The van der Waals surface area contributed by atoms with E-state index in [-0.39, 0.29) is 16.8 Å². The maximum absolute atomic E-state index is 13.0. The fraction of sp³-hybridized carbons (Fsp3) is 0.300. The Hall–Kier alpha value is -3.07. The number of carbonyl (C=O) groups is 2. The van der Waals surface area contributed by atoms with E-state index in [0.29, 0.717) is 5.69 Å². The van der Waals surface area contributed by atoms with Crippen LogP contribution in [0.3, 0.4) is 0 Å². The molecule has 3 N–H and O–H groups in total. The van der Waals surface area contributed by atoms with Gasteiger partial charge in [0.15, 0.2) is 0 Å². The Bertz CT molecular complexity index is 957. The maximum Gasteiger partial charge on any atom is 0.282 e. The number of benzene rings is 2. The molecule has 2 amide bonds. The molecule has 152 valence electrons. The number of hydrogen-bond donors (Lipinski definition) is 2. The molecule has 2 aromatic carbocycles. The van der Waals surface area contributed by atoms with Crippen molar-refractivity contribution in [3.8, 4) is 0 Å². The first kappa shape index (κ1) is 20.7. The van der Waals surface area contributed by atoms with Gasteiger partial charge in [-0.2, -0.15) is 0 Å². The Kier molecular flexibility index (Phi) is 6.38. The number of carbonyl (C=O) groups excluding carboxylic acids is 2. The molecule has 1 fully saturated rings. The van der Waals surface area contributed by atoms with Crippen LogP contribution in [0.4, 0.5) is 17.1 Å². The minimum absolute atomic E-state index is 0.0316. The van der Waals surface area contributed by atoms with Gasteiger partial charge in [0.1, 0.15) is 5.56 Å². The van der Waals surface area contributed by atoms with Crippen molar-refractivity contribution in [2.75, 3.05) is 29.6 Å². The molecular weight excluding hydrogens is 392 g/mol. The molecule has 0 aliphatic carbocycles. The molecule has 0 atom stereocenters. The van der Waals surface area contributed by atoms with Gasteiger partial charge >= 0.3 is 0 Å². The van der Waals surface area contributed by atoms with E-state index < -0.39 is 16.7 Å². The lowest BCUT2D eigenvalue weighted by atomic mass is 10.1. The van der Waals surface area contributed by atoms with Crippen LogP contribution in [0.5, 0.6) is 0 Å². The van der Waals surface area contributed by atoms with Gasteiger partial charge in [-0.25, -0.2) is 0 Å². The van der Waals surface area contributed by atoms with Crippen LogP contribution in [0.2, 0.25) is 0 Å². The van der Waals surface area contributed by atoms with E-state index in [0.717, 1.165) is 42.9 Å². The van der Waals surface area contributed by atoms with Crippen LogP contribution in [0.25, 0.3) is 0 Å². The maximum atomic E-state index is 13.0. The summed E-state index contributed by atoms with van der Waals surface area (Å²) in [6.45, 7) is 1.67. The number of nitro benzene ring substituents is 1. The molecule has 0 radical (unpaired) electrons. The predicted molar refractivity (Wildman–Crippen MR) is 114 cm³/mol. The first-order valence-electron chi connectivity index (χ1n) is 9.23. The average molecular weight is 414 g/mol. The minimum Gasteiger partial charge on any atom is -0.370 e. The molecule has 1 saturated heterocycles. The molecular formula is C20H22N4O4S. The lowest BCUT2D eigenvalue weighted by Gasteiger charge is -2.30. The van der Waals surface area contributed by atoms with Crippen LogP contribution >= 0.6 is 11.8 Å². The lowest BCUT2D eigenvalue weighted by Crippen LogP contribution is -2.30. The molecule has 1 aliphatic rings. The van der Waals surface area contributed by atoms with Gasteiger partial charge in [-0.1, -0.05) is 0 Å². The highest BCUT2D eigenvalue weighted by atomic mass is 32.2. The standard InChI is InChI=1S/C20H22N4O4S/c1-29-14-6-8-17(24(27)28)15(12-14)20(26)22-16-11-13(19(21)25)5-7-18(16)23-9-3-2-4-10-23/h5-8,11-12H,2-4,9-10H2,1H3,(H2,21,25)(H,22,26). The first-order chi connectivity index (χ1) is 13.9. The summed E-state index contributed by atoms with van der Waals surface area (Å²) < 4.78 is 0. The first-order valence-corrected chi connectivity index (χ1v) is 10.5. The second kappa shape index (κ2) is 8.95. The highest BCUT2D eigenvalue weighted by Gasteiger charge is 2.23. The van der Waals surface area contributed by atoms with Crippen molar-refractivity contribution in [3.05, 3.63) is 57.6 Å². The zero-order chi connectivity index (χ0) is 21.0. The largest absolute Gasteiger partial charge is 0.370 e. The highest BCUT2D eigenvalue weighted by Crippen LogP contribution is 2.31. The second-order valence-corrected chi connectivity index (χ2v) is 7.62. The molecule has 0 aromatic heterocycles. The van der Waals surface area contributed by atoms with Crippen LogP contribution < -0.4 is 16.0 Å². The number of primary amides is 1. The third-order valence-corrected chi connectivity index (χ3v) is 5.60. The predicted octanol–water partition coefficient (Wildman–Crippen LogP) is 3.66. The van der Waals surface area contributed by atoms with Gasteiger partial charge in [0, 0.05) is 29.6 Å². The van der Waals surface area contributed by atoms with Crippen molar-refractivity contribution >= 4 is 40.6 Å². The van der Waals surface area contributed by atoms with Crippen molar-refractivity contribution < 1.29 is 14.5 Å². The fourth-order valence-corrected chi connectivity index (χ4v) is 3.81. The molecule has 0 bridgehead atoms. The molecule has 3 rings (SSSR count). The number of hydrogen-bond acceptors (Lipinski definition) is 6. The normalized spacial score (nSPS) is 13.8. The zero-order valence-electron chi connectivity index (χ0n) is 16.0. The van der Waals surface area contributed by atoms with Gasteiger partial charge in [-0.3, -0.25) is 19.7 Å². The smallest absolute Gasteiger partial charge is 0.282 e. The molecule has 8 nitrogen and oxygen atoms in total. The monoisotopic (exact) mass is 414 g/mol. The van der Waals surface area contributed by atoms with Crippen LogP contribution in [0, 0.1) is 10.1 Å². The second-order valence-electron chi connectivity index (χ2n) is 6.74.